The van der Waals surface area contributed by atoms with Gasteiger partial charge < -0.3 is 11.1 Å². The maximum Gasteiger partial charge on any atom is 0.267 e. The molecule has 0 bridgehead atoms. The molecule has 1 amide bonds. The zero-order valence-electron chi connectivity index (χ0n) is 16.7. The lowest BCUT2D eigenvalue weighted by Gasteiger charge is -2.13. The van der Waals surface area contributed by atoms with Crippen LogP contribution in [-0.4, -0.2) is 17.7 Å². The van der Waals surface area contributed by atoms with Crippen molar-refractivity contribution < 1.29 is 4.79 Å². The Morgan fingerprint density at radius 2 is 2.00 bits per heavy atom. The van der Waals surface area contributed by atoms with Crippen LogP contribution >= 0.6 is 11.6 Å². The van der Waals surface area contributed by atoms with Crippen LogP contribution in [0.5, 0.6) is 0 Å². The van der Waals surface area contributed by atoms with Crippen molar-refractivity contribution in [3.8, 4) is 0 Å². The van der Waals surface area contributed by atoms with Gasteiger partial charge in [-0.05, 0) is 49.3 Å². The van der Waals surface area contributed by atoms with E-state index in [4.69, 9.17) is 22.3 Å². The number of allylic oxidation sites excluding steroid dienone is 1. The van der Waals surface area contributed by atoms with Crippen LogP contribution in [0.25, 0.3) is 0 Å². The summed E-state index contributed by atoms with van der Waals surface area (Å²) in [6, 6.07) is 7.75. The Kier molecular flexibility index (Phi) is 8.36. The lowest BCUT2D eigenvalue weighted by Crippen LogP contribution is -2.30. The Balaban J connectivity index is 2.10. The number of unbranched alkanes of at least 4 members (excludes halogenated alkanes) is 1. The minimum Gasteiger partial charge on any atom is -0.394 e. The Morgan fingerprint density at radius 3 is 2.63 bits per heavy atom. The van der Waals surface area contributed by atoms with Crippen LogP contribution in [0, 0.1) is 5.92 Å². The molecule has 0 heterocycles. The van der Waals surface area contributed by atoms with E-state index < -0.39 is 0 Å². The first-order valence-electron chi connectivity index (χ1n) is 10.0. The number of hydrogen-bond donors (Lipinski definition) is 2. The molecule has 1 aliphatic rings. The van der Waals surface area contributed by atoms with Gasteiger partial charge in [0.15, 0.2) is 0 Å². The largest absolute Gasteiger partial charge is 0.394 e. The van der Waals surface area contributed by atoms with Crippen molar-refractivity contribution in [1.29, 1.82) is 0 Å². The Hall–Kier alpha value is -1.81. The van der Waals surface area contributed by atoms with Crippen LogP contribution in [-0.2, 0) is 11.3 Å². The number of nitrogens with one attached hydrogen (secondary N) is 1. The zero-order valence-corrected chi connectivity index (χ0v) is 17.5. The number of carbonyl (C=O) groups excluding carboxylic acids is 1. The van der Waals surface area contributed by atoms with Gasteiger partial charge in [-0.25, -0.2) is 0 Å². The molecule has 1 aromatic rings. The van der Waals surface area contributed by atoms with E-state index in [1.807, 2.05) is 24.3 Å². The van der Waals surface area contributed by atoms with Gasteiger partial charge in [0.25, 0.3) is 5.91 Å². The number of benzene rings is 1. The van der Waals surface area contributed by atoms with Gasteiger partial charge in [-0.1, -0.05) is 57.3 Å². The van der Waals surface area contributed by atoms with Crippen LogP contribution in [0.1, 0.15) is 64.9 Å². The minimum atomic E-state index is -0.219. The molecule has 2 rings (SSSR count). The van der Waals surface area contributed by atoms with Crippen molar-refractivity contribution >= 4 is 23.2 Å². The molecule has 0 aromatic heterocycles. The molecule has 3 N–H and O–H groups in total. The van der Waals surface area contributed by atoms with Crippen molar-refractivity contribution in [2.45, 2.75) is 71.9 Å². The molecule has 1 fully saturated rings. The summed E-state index contributed by atoms with van der Waals surface area (Å²) in [5.41, 5.74) is 9.52. The maximum atomic E-state index is 12.6. The maximum absolute atomic E-state index is 12.6. The Morgan fingerprint density at radius 1 is 1.30 bits per heavy atom. The van der Waals surface area contributed by atoms with Crippen LogP contribution < -0.4 is 11.1 Å². The monoisotopic (exact) mass is 389 g/mol. The summed E-state index contributed by atoms with van der Waals surface area (Å²) in [4.78, 5) is 17.6. The summed E-state index contributed by atoms with van der Waals surface area (Å²) in [5.74, 6) is 0.258. The second-order valence-electron chi connectivity index (χ2n) is 7.49. The number of carbonyl (C=O) groups is 1. The average molecular weight is 390 g/mol. The van der Waals surface area contributed by atoms with Crippen molar-refractivity contribution in [3.05, 3.63) is 46.1 Å². The third-order valence-electron chi connectivity index (χ3n) is 5.08. The molecule has 0 aliphatic heterocycles. The van der Waals surface area contributed by atoms with E-state index >= 15 is 0 Å². The van der Waals surface area contributed by atoms with E-state index in [-0.39, 0.29) is 5.91 Å². The molecule has 1 aromatic carbocycles. The SMILES string of the molecule is CCCCC(CC)N=C1CC(C)C/C1=C(/N)C(=O)NCc1ccc(Cl)cc1. The summed E-state index contributed by atoms with van der Waals surface area (Å²) in [6.07, 6.45) is 6.21. The van der Waals surface area contributed by atoms with E-state index in [1.165, 1.54) is 12.8 Å². The summed E-state index contributed by atoms with van der Waals surface area (Å²) >= 11 is 5.90. The van der Waals surface area contributed by atoms with Gasteiger partial charge in [0.1, 0.15) is 5.70 Å². The summed E-state index contributed by atoms with van der Waals surface area (Å²) < 4.78 is 0. The zero-order chi connectivity index (χ0) is 19.8. The highest BCUT2D eigenvalue weighted by molar-refractivity contribution is 6.30. The number of nitrogens with zero attached hydrogens (tertiary/aromatic N) is 1. The quantitative estimate of drug-likeness (QED) is 0.613. The van der Waals surface area contributed by atoms with Gasteiger partial charge in [0.2, 0.25) is 0 Å². The van der Waals surface area contributed by atoms with Crippen LogP contribution in [0.15, 0.2) is 40.5 Å². The van der Waals surface area contributed by atoms with Crippen molar-refractivity contribution in [2.75, 3.05) is 0 Å². The van der Waals surface area contributed by atoms with Gasteiger partial charge in [-0.15, -0.1) is 0 Å². The van der Waals surface area contributed by atoms with Gasteiger partial charge in [0, 0.05) is 28.9 Å². The van der Waals surface area contributed by atoms with Gasteiger partial charge in [-0.3, -0.25) is 9.79 Å². The lowest BCUT2D eigenvalue weighted by atomic mass is 10.1. The summed E-state index contributed by atoms with van der Waals surface area (Å²) in [5, 5.41) is 3.59. The number of amides is 1. The van der Waals surface area contributed by atoms with E-state index in [0.717, 1.165) is 42.5 Å². The van der Waals surface area contributed by atoms with E-state index in [2.05, 4.69) is 26.1 Å². The molecule has 1 saturated carbocycles. The van der Waals surface area contributed by atoms with E-state index in [0.29, 0.717) is 29.2 Å². The predicted molar refractivity (Wildman–Crippen MR) is 114 cm³/mol. The highest BCUT2D eigenvalue weighted by Crippen LogP contribution is 2.30. The smallest absolute Gasteiger partial charge is 0.267 e. The second-order valence-corrected chi connectivity index (χ2v) is 7.93. The topological polar surface area (TPSA) is 67.5 Å². The van der Waals surface area contributed by atoms with Crippen molar-refractivity contribution in [2.24, 2.45) is 16.6 Å². The fourth-order valence-corrected chi connectivity index (χ4v) is 3.55. The number of hydrogen-bond acceptors (Lipinski definition) is 3. The standard InChI is InChI=1S/C22H32ClN3O/c1-4-6-7-18(5-2)26-20-13-15(3)12-19(20)21(24)22(27)25-14-16-8-10-17(23)11-9-16/h8-11,15,18H,4-7,12-14,24H2,1-3H3,(H,25,27)/b21-19-,26-20?. The first kappa shape index (κ1) is 21.5. The predicted octanol–water partition coefficient (Wildman–Crippen LogP) is 5.01. The molecular formula is C22H32ClN3O. The molecule has 5 heteroatoms. The van der Waals surface area contributed by atoms with Crippen LogP contribution in [0.4, 0.5) is 0 Å². The molecule has 0 radical (unpaired) electrons. The normalized spacial score (nSPS) is 21.3. The number of aliphatic imine (C=N–C) groups is 1. The van der Waals surface area contributed by atoms with Crippen molar-refractivity contribution in [3.63, 3.8) is 0 Å². The molecule has 4 nitrogen and oxygen atoms in total. The second kappa shape index (κ2) is 10.5. The fraction of sp³-hybridized carbons (Fsp3) is 0.545. The molecular weight excluding hydrogens is 358 g/mol. The molecule has 2 atom stereocenters. The van der Waals surface area contributed by atoms with Crippen LogP contribution in [0.2, 0.25) is 5.02 Å². The molecule has 2 unspecified atom stereocenters. The highest BCUT2D eigenvalue weighted by Gasteiger charge is 2.27. The molecule has 0 spiro atoms. The third-order valence-corrected chi connectivity index (χ3v) is 5.33. The summed E-state index contributed by atoms with van der Waals surface area (Å²) in [6.45, 7) is 6.99. The van der Waals surface area contributed by atoms with Gasteiger partial charge in [-0.2, -0.15) is 0 Å². The summed E-state index contributed by atoms with van der Waals surface area (Å²) in [7, 11) is 0. The third kappa shape index (κ3) is 6.39. The lowest BCUT2D eigenvalue weighted by molar-refractivity contribution is -0.117. The number of halogens is 1. The van der Waals surface area contributed by atoms with Gasteiger partial charge >= 0.3 is 0 Å². The molecule has 148 valence electrons. The van der Waals surface area contributed by atoms with Gasteiger partial charge in [0.05, 0.1) is 0 Å². The number of rotatable bonds is 8. The van der Waals surface area contributed by atoms with E-state index in [1.54, 1.807) is 0 Å². The first-order valence-corrected chi connectivity index (χ1v) is 10.4. The Bertz CT molecular complexity index is 694. The number of nitrogens with two attached hydrogens (primary N) is 1. The Labute approximate surface area is 168 Å². The van der Waals surface area contributed by atoms with Crippen LogP contribution in [0.3, 0.4) is 0 Å². The average Bonchev–Trinajstić information content (AvgIpc) is 3.03. The molecule has 27 heavy (non-hydrogen) atoms. The first-order chi connectivity index (χ1) is 12.9. The van der Waals surface area contributed by atoms with Crippen molar-refractivity contribution in [1.82, 2.24) is 5.32 Å². The fourth-order valence-electron chi connectivity index (χ4n) is 3.42. The van der Waals surface area contributed by atoms with E-state index in [9.17, 15) is 4.79 Å². The molecule has 0 saturated heterocycles. The minimum absolute atomic E-state index is 0.219. The molecule has 1 aliphatic carbocycles. The highest BCUT2D eigenvalue weighted by atomic mass is 35.5.